The fourth-order valence-corrected chi connectivity index (χ4v) is 4.45. The van der Waals surface area contributed by atoms with Gasteiger partial charge in [-0.25, -0.2) is 9.18 Å². The number of amides is 3. The van der Waals surface area contributed by atoms with Crippen molar-refractivity contribution in [1.82, 2.24) is 25.1 Å². The number of methoxy groups -OCH3 is 1. The second kappa shape index (κ2) is 12.7. The van der Waals surface area contributed by atoms with Crippen molar-refractivity contribution in [2.24, 2.45) is 0 Å². The van der Waals surface area contributed by atoms with E-state index in [1.165, 1.54) is 30.0 Å². The molecule has 1 aromatic carbocycles. The minimum atomic E-state index is -0.757. The van der Waals surface area contributed by atoms with Gasteiger partial charge in [-0.3, -0.25) is 14.6 Å². The zero-order chi connectivity index (χ0) is 27.9. The SMILES string of the molecule is COCC(C)NC(=O)c1c(O)c2ncc(Cc3ccc(F)cc3)cc2n(CCNC(=O)N2CCOCC2)c1=O. The molecule has 1 atom stereocenters. The molecule has 3 amide bonds. The Kier molecular flexibility index (Phi) is 9.10. The molecule has 1 unspecified atom stereocenters. The van der Waals surface area contributed by atoms with E-state index in [0.717, 1.165) is 5.56 Å². The Morgan fingerprint density at radius 3 is 2.62 bits per heavy atom. The lowest BCUT2D eigenvalue weighted by Crippen LogP contribution is -2.47. The first-order valence-corrected chi connectivity index (χ1v) is 12.7. The van der Waals surface area contributed by atoms with E-state index in [4.69, 9.17) is 9.47 Å². The van der Waals surface area contributed by atoms with Crippen LogP contribution in [-0.2, 0) is 22.4 Å². The maximum Gasteiger partial charge on any atom is 0.317 e. The van der Waals surface area contributed by atoms with Gasteiger partial charge in [0, 0.05) is 45.5 Å². The number of halogens is 1. The first-order valence-electron chi connectivity index (χ1n) is 12.7. The smallest absolute Gasteiger partial charge is 0.317 e. The average Bonchev–Trinajstić information content (AvgIpc) is 2.92. The molecular formula is C27H32FN5O6. The lowest BCUT2D eigenvalue weighted by molar-refractivity contribution is 0.0532. The van der Waals surface area contributed by atoms with Crippen molar-refractivity contribution in [2.75, 3.05) is 46.6 Å². The second-order valence-electron chi connectivity index (χ2n) is 9.36. The Bertz CT molecular complexity index is 1390. The monoisotopic (exact) mass is 541 g/mol. The van der Waals surface area contributed by atoms with Crippen LogP contribution in [0.15, 0.2) is 41.3 Å². The molecule has 0 aliphatic carbocycles. The van der Waals surface area contributed by atoms with Crippen LogP contribution in [0, 0.1) is 5.82 Å². The third kappa shape index (κ3) is 6.70. The van der Waals surface area contributed by atoms with Gasteiger partial charge >= 0.3 is 6.03 Å². The highest BCUT2D eigenvalue weighted by Crippen LogP contribution is 2.26. The van der Waals surface area contributed by atoms with E-state index >= 15 is 0 Å². The minimum absolute atomic E-state index is 0.0290. The molecule has 3 heterocycles. The molecule has 0 saturated carbocycles. The number of urea groups is 1. The van der Waals surface area contributed by atoms with Crippen LogP contribution in [0.3, 0.4) is 0 Å². The van der Waals surface area contributed by atoms with Crippen LogP contribution in [0.2, 0.25) is 0 Å². The number of fused-ring (bicyclic) bond motifs is 1. The minimum Gasteiger partial charge on any atom is -0.505 e. The van der Waals surface area contributed by atoms with Gasteiger partial charge in [0.2, 0.25) is 0 Å². The summed E-state index contributed by atoms with van der Waals surface area (Å²) >= 11 is 0. The quantitative estimate of drug-likeness (QED) is 0.375. The van der Waals surface area contributed by atoms with Gasteiger partial charge in [0.15, 0.2) is 5.75 Å². The number of aromatic nitrogens is 2. The van der Waals surface area contributed by atoms with E-state index in [-0.39, 0.29) is 37.1 Å². The molecule has 0 radical (unpaired) electrons. The molecule has 3 aromatic rings. The van der Waals surface area contributed by atoms with Crippen molar-refractivity contribution < 1.29 is 28.6 Å². The Morgan fingerprint density at radius 2 is 1.92 bits per heavy atom. The number of carbonyl (C=O) groups excluding carboxylic acids is 2. The summed E-state index contributed by atoms with van der Waals surface area (Å²) in [4.78, 5) is 45.1. The van der Waals surface area contributed by atoms with Gasteiger partial charge in [-0.1, -0.05) is 12.1 Å². The van der Waals surface area contributed by atoms with E-state index in [9.17, 15) is 23.9 Å². The Balaban J connectivity index is 1.68. The summed E-state index contributed by atoms with van der Waals surface area (Å²) in [6.07, 6.45) is 1.94. The number of hydrogen-bond donors (Lipinski definition) is 3. The number of morpholine rings is 1. The number of nitrogens with zero attached hydrogens (tertiary/aromatic N) is 3. The first kappa shape index (κ1) is 28.0. The standard InChI is InChI=1S/C27H32FN5O6/c1-17(16-38-2)31-25(35)22-24(34)23-21(14-19(15-30-23)13-18-3-5-20(28)6-4-18)33(26(22)36)8-7-29-27(37)32-9-11-39-12-10-32/h3-6,14-15,17,34H,7-13,16H2,1-2H3,(H,29,37)(H,31,35). The number of aromatic hydroxyl groups is 1. The lowest BCUT2D eigenvalue weighted by Gasteiger charge is -2.27. The van der Waals surface area contributed by atoms with Crippen molar-refractivity contribution in [3.05, 3.63) is 69.4 Å². The van der Waals surface area contributed by atoms with Crippen molar-refractivity contribution in [2.45, 2.75) is 25.9 Å². The fourth-order valence-electron chi connectivity index (χ4n) is 4.45. The van der Waals surface area contributed by atoms with E-state index < -0.39 is 28.8 Å². The molecule has 4 rings (SSSR count). The Morgan fingerprint density at radius 1 is 1.21 bits per heavy atom. The zero-order valence-corrected chi connectivity index (χ0v) is 21.9. The van der Waals surface area contributed by atoms with Gasteiger partial charge < -0.3 is 34.7 Å². The van der Waals surface area contributed by atoms with E-state index in [1.807, 2.05) is 0 Å². The highest BCUT2D eigenvalue weighted by Gasteiger charge is 2.25. The summed E-state index contributed by atoms with van der Waals surface area (Å²) in [5.74, 6) is -1.63. The highest BCUT2D eigenvalue weighted by molar-refractivity contribution is 6.01. The first-order chi connectivity index (χ1) is 18.8. The van der Waals surface area contributed by atoms with Crippen LogP contribution in [0.4, 0.5) is 9.18 Å². The van der Waals surface area contributed by atoms with E-state index in [0.29, 0.717) is 43.8 Å². The van der Waals surface area contributed by atoms with Crippen LogP contribution < -0.4 is 16.2 Å². The van der Waals surface area contributed by atoms with Gasteiger partial charge in [0.25, 0.3) is 11.5 Å². The summed E-state index contributed by atoms with van der Waals surface area (Å²) in [7, 11) is 1.49. The van der Waals surface area contributed by atoms with Gasteiger partial charge in [0.1, 0.15) is 16.9 Å². The molecule has 3 N–H and O–H groups in total. The number of ether oxygens (including phenoxy) is 2. The fraction of sp³-hybridized carbons (Fsp3) is 0.407. The third-order valence-corrected chi connectivity index (χ3v) is 6.39. The summed E-state index contributed by atoms with van der Waals surface area (Å²) in [5, 5.41) is 16.4. The molecule has 208 valence electrons. The van der Waals surface area contributed by atoms with Crippen LogP contribution in [0.25, 0.3) is 11.0 Å². The Labute approximate surface area is 224 Å². The number of pyridine rings is 2. The predicted molar refractivity (Wildman–Crippen MR) is 141 cm³/mol. The number of carbonyl (C=O) groups is 2. The van der Waals surface area contributed by atoms with Gasteiger partial charge in [-0.2, -0.15) is 0 Å². The maximum atomic E-state index is 13.6. The summed E-state index contributed by atoms with van der Waals surface area (Å²) in [6, 6.07) is 7.03. The number of nitrogens with one attached hydrogen (secondary N) is 2. The highest BCUT2D eigenvalue weighted by atomic mass is 19.1. The normalized spacial score (nSPS) is 14.3. The van der Waals surface area contributed by atoms with Gasteiger partial charge in [0.05, 0.1) is 25.3 Å². The summed E-state index contributed by atoms with van der Waals surface area (Å²) < 4.78 is 25.0. The molecule has 39 heavy (non-hydrogen) atoms. The number of hydrogen-bond acceptors (Lipinski definition) is 7. The predicted octanol–water partition coefficient (Wildman–Crippen LogP) is 1.64. The van der Waals surface area contributed by atoms with Crippen molar-refractivity contribution in [3.63, 3.8) is 0 Å². The van der Waals surface area contributed by atoms with Crippen molar-refractivity contribution in [1.29, 1.82) is 0 Å². The molecule has 1 aliphatic rings. The average molecular weight is 542 g/mol. The molecule has 2 aromatic heterocycles. The van der Waals surface area contributed by atoms with Gasteiger partial charge in [-0.05, 0) is 42.7 Å². The number of benzene rings is 1. The van der Waals surface area contributed by atoms with Crippen LogP contribution >= 0.6 is 0 Å². The third-order valence-electron chi connectivity index (χ3n) is 6.39. The van der Waals surface area contributed by atoms with E-state index in [1.54, 1.807) is 30.0 Å². The van der Waals surface area contributed by atoms with Crippen LogP contribution in [0.1, 0.15) is 28.4 Å². The molecule has 12 heteroatoms. The van der Waals surface area contributed by atoms with Crippen LogP contribution in [-0.4, -0.2) is 84.1 Å². The Hall–Kier alpha value is -4.03. The van der Waals surface area contributed by atoms with E-state index in [2.05, 4.69) is 15.6 Å². The molecule has 1 aliphatic heterocycles. The zero-order valence-electron chi connectivity index (χ0n) is 21.9. The summed E-state index contributed by atoms with van der Waals surface area (Å²) in [6.45, 7) is 3.89. The van der Waals surface area contributed by atoms with Crippen molar-refractivity contribution >= 4 is 23.0 Å². The molecule has 1 fully saturated rings. The molecule has 11 nitrogen and oxygen atoms in total. The summed E-state index contributed by atoms with van der Waals surface area (Å²) in [5.41, 5.74) is 0.759. The van der Waals surface area contributed by atoms with Crippen LogP contribution in [0.5, 0.6) is 5.75 Å². The lowest BCUT2D eigenvalue weighted by atomic mass is 10.1. The second-order valence-corrected chi connectivity index (χ2v) is 9.36. The maximum absolute atomic E-state index is 13.6. The van der Waals surface area contributed by atoms with Crippen molar-refractivity contribution in [3.8, 4) is 5.75 Å². The molecule has 0 bridgehead atoms. The molecule has 1 saturated heterocycles. The molecular weight excluding hydrogens is 509 g/mol. The largest absolute Gasteiger partial charge is 0.505 e. The number of rotatable bonds is 9. The molecule has 0 spiro atoms. The topological polar surface area (TPSA) is 135 Å². The van der Waals surface area contributed by atoms with Gasteiger partial charge in [-0.15, -0.1) is 0 Å².